The van der Waals surface area contributed by atoms with Gasteiger partial charge in [0.2, 0.25) is 0 Å². The number of halogens is 1. The van der Waals surface area contributed by atoms with E-state index in [0.717, 1.165) is 0 Å². The van der Waals surface area contributed by atoms with Crippen LogP contribution in [-0.4, -0.2) is 24.0 Å². The number of anilines is 2. The van der Waals surface area contributed by atoms with E-state index in [9.17, 15) is 14.7 Å². The molecule has 2 aromatic rings. The molecule has 21 heavy (non-hydrogen) atoms. The summed E-state index contributed by atoms with van der Waals surface area (Å²) in [6.07, 6.45) is 0. The molecule has 0 bridgehead atoms. The third-order valence-electron chi connectivity index (χ3n) is 3.02. The minimum atomic E-state index is -1.16. The Balaban J connectivity index is 2.45. The molecular formula is C15H13ClN2O3. The zero-order valence-electron chi connectivity index (χ0n) is 11.2. The van der Waals surface area contributed by atoms with Crippen LogP contribution < -0.4 is 10.6 Å². The first kappa shape index (κ1) is 14.9. The van der Waals surface area contributed by atoms with Gasteiger partial charge in [-0.2, -0.15) is 0 Å². The van der Waals surface area contributed by atoms with Crippen molar-refractivity contribution in [2.24, 2.45) is 0 Å². The Kier molecular flexibility index (Phi) is 4.14. The number of hydrogen-bond acceptors (Lipinski definition) is 3. The highest BCUT2D eigenvalue weighted by atomic mass is 35.5. The Morgan fingerprint density at radius 1 is 1.14 bits per heavy atom. The quantitative estimate of drug-likeness (QED) is 0.854. The number of nitrogen functional groups attached to an aromatic ring is 1. The summed E-state index contributed by atoms with van der Waals surface area (Å²) in [5.74, 6) is -1.55. The molecule has 0 radical (unpaired) electrons. The molecule has 0 spiro atoms. The Bertz CT molecular complexity index is 716. The molecule has 0 aromatic heterocycles. The number of amides is 1. The van der Waals surface area contributed by atoms with Gasteiger partial charge in [0.1, 0.15) is 0 Å². The second kappa shape index (κ2) is 5.85. The van der Waals surface area contributed by atoms with Crippen molar-refractivity contribution in [2.45, 2.75) is 0 Å². The lowest BCUT2D eigenvalue weighted by molar-refractivity contribution is 0.0698. The van der Waals surface area contributed by atoms with Crippen molar-refractivity contribution in [1.82, 2.24) is 0 Å². The van der Waals surface area contributed by atoms with Crippen LogP contribution in [0.15, 0.2) is 42.5 Å². The molecule has 3 N–H and O–H groups in total. The van der Waals surface area contributed by atoms with Gasteiger partial charge in [-0.05, 0) is 30.3 Å². The van der Waals surface area contributed by atoms with E-state index in [1.807, 2.05) is 0 Å². The van der Waals surface area contributed by atoms with Crippen LogP contribution in [-0.2, 0) is 0 Å². The molecule has 2 aromatic carbocycles. The summed E-state index contributed by atoms with van der Waals surface area (Å²) in [5, 5.41) is 9.53. The predicted molar refractivity (Wildman–Crippen MR) is 82.0 cm³/mol. The van der Waals surface area contributed by atoms with Crippen molar-refractivity contribution in [3.8, 4) is 0 Å². The van der Waals surface area contributed by atoms with Crippen molar-refractivity contribution >= 4 is 34.9 Å². The highest BCUT2D eigenvalue weighted by Crippen LogP contribution is 2.25. The first-order valence-electron chi connectivity index (χ1n) is 6.07. The van der Waals surface area contributed by atoms with E-state index < -0.39 is 11.9 Å². The number of carbonyl (C=O) groups is 2. The zero-order valence-corrected chi connectivity index (χ0v) is 12.0. The van der Waals surface area contributed by atoms with Gasteiger partial charge < -0.3 is 15.7 Å². The minimum Gasteiger partial charge on any atom is -0.478 e. The molecule has 0 unspecified atom stereocenters. The fraction of sp³-hybridized carbons (Fsp3) is 0.0667. The predicted octanol–water partition coefficient (Wildman–Crippen LogP) is 2.90. The van der Waals surface area contributed by atoms with Crippen molar-refractivity contribution in [1.29, 1.82) is 0 Å². The number of hydrogen-bond donors (Lipinski definition) is 2. The summed E-state index contributed by atoms with van der Waals surface area (Å²) < 4.78 is 0. The number of carboxylic acids is 1. The second-order valence-electron chi connectivity index (χ2n) is 4.43. The van der Waals surface area contributed by atoms with Crippen LogP contribution in [0.25, 0.3) is 0 Å². The van der Waals surface area contributed by atoms with Crippen LogP contribution in [0.4, 0.5) is 11.4 Å². The van der Waals surface area contributed by atoms with E-state index in [2.05, 4.69) is 0 Å². The number of nitrogens with zero attached hydrogens (tertiary/aromatic N) is 1. The summed E-state index contributed by atoms with van der Waals surface area (Å²) in [5.41, 5.74) is 6.41. The highest BCUT2D eigenvalue weighted by molar-refractivity contribution is 6.34. The third-order valence-corrected chi connectivity index (χ3v) is 3.35. The van der Waals surface area contributed by atoms with Gasteiger partial charge in [0.15, 0.2) is 0 Å². The largest absolute Gasteiger partial charge is 0.478 e. The molecule has 0 saturated heterocycles. The Hall–Kier alpha value is -2.53. The molecule has 0 aliphatic heterocycles. The van der Waals surface area contributed by atoms with Gasteiger partial charge in [0.25, 0.3) is 5.91 Å². The Labute approximate surface area is 126 Å². The lowest BCUT2D eigenvalue weighted by Crippen LogP contribution is -2.28. The zero-order chi connectivity index (χ0) is 15.6. The summed E-state index contributed by atoms with van der Waals surface area (Å²) in [7, 11) is 1.49. The van der Waals surface area contributed by atoms with Gasteiger partial charge >= 0.3 is 5.97 Å². The number of rotatable bonds is 3. The molecular weight excluding hydrogens is 292 g/mol. The standard InChI is InChI=1S/C15H13ClN2O3/c1-18(14(19)10-4-2-3-5-12(10)16)13-7-6-9(17)8-11(13)15(20)21/h2-8H,17H2,1H3,(H,20,21). The molecule has 108 valence electrons. The SMILES string of the molecule is CN(C(=O)c1ccccc1Cl)c1ccc(N)cc1C(=O)O. The van der Waals surface area contributed by atoms with Gasteiger partial charge in [0, 0.05) is 12.7 Å². The molecule has 0 aliphatic carbocycles. The van der Waals surface area contributed by atoms with Crippen molar-refractivity contribution in [2.75, 3.05) is 17.7 Å². The molecule has 5 nitrogen and oxygen atoms in total. The fourth-order valence-electron chi connectivity index (χ4n) is 1.94. The average Bonchev–Trinajstić information content (AvgIpc) is 2.46. The maximum atomic E-state index is 12.4. The van der Waals surface area contributed by atoms with E-state index >= 15 is 0 Å². The summed E-state index contributed by atoms with van der Waals surface area (Å²) in [6.45, 7) is 0. The van der Waals surface area contributed by atoms with Gasteiger partial charge in [0.05, 0.1) is 21.8 Å². The number of nitrogens with two attached hydrogens (primary N) is 1. The lowest BCUT2D eigenvalue weighted by atomic mass is 10.1. The fourth-order valence-corrected chi connectivity index (χ4v) is 2.16. The van der Waals surface area contributed by atoms with Crippen LogP contribution in [0.3, 0.4) is 0 Å². The van der Waals surface area contributed by atoms with E-state index in [0.29, 0.717) is 16.3 Å². The molecule has 1 amide bonds. The van der Waals surface area contributed by atoms with Gasteiger partial charge in [-0.15, -0.1) is 0 Å². The smallest absolute Gasteiger partial charge is 0.337 e. The third kappa shape index (κ3) is 2.98. The molecule has 0 heterocycles. The first-order chi connectivity index (χ1) is 9.91. The lowest BCUT2D eigenvalue weighted by Gasteiger charge is -2.20. The van der Waals surface area contributed by atoms with Gasteiger partial charge in [-0.1, -0.05) is 23.7 Å². The monoisotopic (exact) mass is 304 g/mol. The number of benzene rings is 2. The van der Waals surface area contributed by atoms with Crippen molar-refractivity contribution in [3.63, 3.8) is 0 Å². The van der Waals surface area contributed by atoms with Gasteiger partial charge in [-0.25, -0.2) is 4.79 Å². The highest BCUT2D eigenvalue weighted by Gasteiger charge is 2.21. The Morgan fingerprint density at radius 2 is 1.81 bits per heavy atom. The van der Waals surface area contributed by atoms with Crippen molar-refractivity contribution < 1.29 is 14.7 Å². The van der Waals surface area contributed by atoms with Crippen LogP contribution in [0.1, 0.15) is 20.7 Å². The number of carbonyl (C=O) groups excluding carboxylic acids is 1. The number of aromatic carboxylic acids is 1. The maximum absolute atomic E-state index is 12.4. The Morgan fingerprint density at radius 3 is 2.43 bits per heavy atom. The molecule has 0 aliphatic rings. The average molecular weight is 305 g/mol. The first-order valence-corrected chi connectivity index (χ1v) is 6.45. The van der Waals surface area contributed by atoms with Crippen LogP contribution >= 0.6 is 11.6 Å². The van der Waals surface area contributed by atoms with E-state index in [-0.39, 0.29) is 11.3 Å². The van der Waals surface area contributed by atoms with Crippen molar-refractivity contribution in [3.05, 3.63) is 58.6 Å². The summed E-state index contributed by atoms with van der Waals surface area (Å²) in [4.78, 5) is 25.0. The van der Waals surface area contributed by atoms with Gasteiger partial charge in [-0.3, -0.25) is 4.79 Å². The molecule has 0 saturated carbocycles. The van der Waals surface area contributed by atoms with E-state index in [1.165, 1.54) is 30.1 Å². The second-order valence-corrected chi connectivity index (χ2v) is 4.83. The topological polar surface area (TPSA) is 83.6 Å². The minimum absolute atomic E-state index is 0.0436. The normalized spacial score (nSPS) is 10.2. The van der Waals surface area contributed by atoms with Crippen LogP contribution in [0, 0.1) is 0 Å². The summed E-state index contributed by atoms with van der Waals surface area (Å²) >= 11 is 5.99. The van der Waals surface area contributed by atoms with Crippen LogP contribution in [0.2, 0.25) is 5.02 Å². The van der Waals surface area contributed by atoms with Crippen LogP contribution in [0.5, 0.6) is 0 Å². The summed E-state index contributed by atoms with van der Waals surface area (Å²) in [6, 6.07) is 10.9. The molecule has 6 heteroatoms. The molecule has 2 rings (SSSR count). The van der Waals surface area contributed by atoms with E-state index in [1.54, 1.807) is 24.3 Å². The molecule has 0 fully saturated rings. The van der Waals surface area contributed by atoms with E-state index in [4.69, 9.17) is 17.3 Å². The maximum Gasteiger partial charge on any atom is 0.337 e. The molecule has 0 atom stereocenters. The number of carboxylic acid groups (broad SMARTS) is 1.